The number of benzene rings is 2. The molecular formula is C28H33N3O3. The van der Waals surface area contributed by atoms with Crippen LogP contribution in [-0.2, 0) is 22.5 Å². The molecule has 0 bridgehead atoms. The summed E-state index contributed by atoms with van der Waals surface area (Å²) in [5.74, 6) is 0.850. The van der Waals surface area contributed by atoms with Gasteiger partial charge in [-0.05, 0) is 54.3 Å². The lowest BCUT2D eigenvalue weighted by atomic mass is 10.0. The highest BCUT2D eigenvalue weighted by molar-refractivity contribution is 5.78. The highest BCUT2D eigenvalue weighted by Crippen LogP contribution is 2.26. The molecule has 1 aromatic heterocycles. The summed E-state index contributed by atoms with van der Waals surface area (Å²) in [4.78, 5) is 19.2. The standard InChI is InChI=1S/C28H33N3O3/c1-21-5-3-4-6-23(21)19-30-28(32)18-25-8-7-24(20-29-25)27-10-9-26(17-22(27)2)34-16-13-31-11-14-33-15-12-31/h3-10,17,20H,11-16,18-19H2,1-2H3,(H,30,32). The van der Waals surface area contributed by atoms with E-state index in [1.807, 2.05) is 55.6 Å². The number of aromatic nitrogens is 1. The summed E-state index contributed by atoms with van der Waals surface area (Å²) in [6, 6.07) is 18.2. The van der Waals surface area contributed by atoms with E-state index in [1.54, 1.807) is 0 Å². The van der Waals surface area contributed by atoms with E-state index in [9.17, 15) is 4.79 Å². The zero-order valence-corrected chi connectivity index (χ0v) is 20.0. The van der Waals surface area contributed by atoms with Crippen LogP contribution in [0.2, 0.25) is 0 Å². The Balaban J connectivity index is 1.28. The highest BCUT2D eigenvalue weighted by Gasteiger charge is 2.11. The van der Waals surface area contributed by atoms with Gasteiger partial charge in [0.1, 0.15) is 12.4 Å². The molecular weight excluding hydrogens is 426 g/mol. The Morgan fingerprint density at radius 1 is 1.06 bits per heavy atom. The van der Waals surface area contributed by atoms with Gasteiger partial charge in [0.15, 0.2) is 0 Å². The Morgan fingerprint density at radius 2 is 1.88 bits per heavy atom. The maximum Gasteiger partial charge on any atom is 0.226 e. The largest absolute Gasteiger partial charge is 0.492 e. The van der Waals surface area contributed by atoms with Gasteiger partial charge in [0, 0.05) is 43.6 Å². The molecule has 3 aromatic rings. The highest BCUT2D eigenvalue weighted by atomic mass is 16.5. The number of rotatable bonds is 9. The summed E-state index contributed by atoms with van der Waals surface area (Å²) in [5.41, 5.74) is 6.34. The molecule has 0 spiro atoms. The monoisotopic (exact) mass is 459 g/mol. The molecule has 0 aliphatic carbocycles. The van der Waals surface area contributed by atoms with Crippen LogP contribution in [0.5, 0.6) is 5.75 Å². The van der Waals surface area contributed by atoms with Gasteiger partial charge < -0.3 is 14.8 Å². The molecule has 1 N–H and O–H groups in total. The number of nitrogens with one attached hydrogen (secondary N) is 1. The molecule has 1 fully saturated rings. The summed E-state index contributed by atoms with van der Waals surface area (Å²) in [5, 5.41) is 2.99. The van der Waals surface area contributed by atoms with Crippen molar-refractivity contribution in [2.45, 2.75) is 26.8 Å². The summed E-state index contributed by atoms with van der Waals surface area (Å²) in [7, 11) is 0. The maximum atomic E-state index is 12.4. The van der Waals surface area contributed by atoms with Gasteiger partial charge in [0.25, 0.3) is 0 Å². The van der Waals surface area contributed by atoms with Crippen LogP contribution in [0.1, 0.15) is 22.4 Å². The van der Waals surface area contributed by atoms with Crippen molar-refractivity contribution in [3.63, 3.8) is 0 Å². The number of nitrogens with zero attached hydrogens (tertiary/aromatic N) is 2. The van der Waals surface area contributed by atoms with Crippen molar-refractivity contribution in [2.24, 2.45) is 0 Å². The van der Waals surface area contributed by atoms with E-state index in [0.29, 0.717) is 13.2 Å². The van der Waals surface area contributed by atoms with Crippen molar-refractivity contribution in [3.05, 3.63) is 83.2 Å². The second kappa shape index (κ2) is 11.8. The lowest BCUT2D eigenvalue weighted by Gasteiger charge is -2.26. The first kappa shape index (κ1) is 23.9. The molecule has 1 aliphatic heterocycles. The predicted octanol–water partition coefficient (Wildman–Crippen LogP) is 3.94. The minimum absolute atomic E-state index is 0.0294. The first-order chi connectivity index (χ1) is 16.6. The minimum atomic E-state index is -0.0294. The Bertz CT molecular complexity index is 1090. The number of amides is 1. The summed E-state index contributed by atoms with van der Waals surface area (Å²) in [6.45, 7) is 9.79. The van der Waals surface area contributed by atoms with Gasteiger partial charge in [-0.2, -0.15) is 0 Å². The molecule has 1 saturated heterocycles. The lowest BCUT2D eigenvalue weighted by molar-refractivity contribution is -0.120. The molecule has 2 heterocycles. The van der Waals surface area contributed by atoms with E-state index < -0.39 is 0 Å². The Kier molecular flexibility index (Phi) is 8.28. The molecule has 2 aromatic carbocycles. The van der Waals surface area contributed by atoms with E-state index >= 15 is 0 Å². The van der Waals surface area contributed by atoms with Crippen molar-refractivity contribution >= 4 is 5.91 Å². The van der Waals surface area contributed by atoms with Crippen molar-refractivity contribution < 1.29 is 14.3 Å². The smallest absolute Gasteiger partial charge is 0.226 e. The van der Waals surface area contributed by atoms with Gasteiger partial charge >= 0.3 is 0 Å². The number of hydrogen-bond donors (Lipinski definition) is 1. The molecule has 0 radical (unpaired) electrons. The first-order valence-electron chi connectivity index (χ1n) is 11.9. The fourth-order valence-electron chi connectivity index (χ4n) is 4.08. The summed E-state index contributed by atoms with van der Waals surface area (Å²) < 4.78 is 11.3. The van der Waals surface area contributed by atoms with Crippen molar-refractivity contribution in [2.75, 3.05) is 39.5 Å². The second-order valence-corrected chi connectivity index (χ2v) is 8.70. The van der Waals surface area contributed by atoms with Crippen LogP contribution in [-0.4, -0.2) is 55.2 Å². The van der Waals surface area contributed by atoms with Gasteiger partial charge in [-0.3, -0.25) is 14.7 Å². The Labute approximate surface area is 201 Å². The molecule has 4 rings (SSSR count). The van der Waals surface area contributed by atoms with Crippen LogP contribution < -0.4 is 10.1 Å². The molecule has 1 aliphatic rings. The third kappa shape index (κ3) is 6.65. The predicted molar refractivity (Wildman–Crippen MR) is 134 cm³/mol. The van der Waals surface area contributed by atoms with Gasteiger partial charge in [0.2, 0.25) is 5.91 Å². The number of carbonyl (C=O) groups excluding carboxylic acids is 1. The second-order valence-electron chi connectivity index (χ2n) is 8.70. The molecule has 1 amide bonds. The van der Waals surface area contributed by atoms with E-state index in [4.69, 9.17) is 9.47 Å². The SMILES string of the molecule is Cc1ccccc1CNC(=O)Cc1ccc(-c2ccc(OCCN3CCOCC3)cc2C)cn1. The molecule has 0 atom stereocenters. The third-order valence-electron chi connectivity index (χ3n) is 6.19. The number of ether oxygens (including phenoxy) is 2. The summed E-state index contributed by atoms with van der Waals surface area (Å²) >= 11 is 0. The number of hydrogen-bond acceptors (Lipinski definition) is 5. The molecule has 6 heteroatoms. The van der Waals surface area contributed by atoms with Gasteiger partial charge in [-0.15, -0.1) is 0 Å². The van der Waals surface area contributed by atoms with Gasteiger partial charge in [-0.1, -0.05) is 36.4 Å². The number of pyridine rings is 1. The average molecular weight is 460 g/mol. The molecule has 0 unspecified atom stereocenters. The van der Waals surface area contributed by atoms with Crippen molar-refractivity contribution in [1.29, 1.82) is 0 Å². The van der Waals surface area contributed by atoms with Crippen LogP contribution >= 0.6 is 0 Å². The maximum absolute atomic E-state index is 12.4. The van der Waals surface area contributed by atoms with Crippen molar-refractivity contribution in [3.8, 4) is 16.9 Å². The average Bonchev–Trinajstić information content (AvgIpc) is 2.85. The van der Waals surface area contributed by atoms with Crippen LogP contribution in [0.4, 0.5) is 0 Å². The Morgan fingerprint density at radius 3 is 2.62 bits per heavy atom. The van der Waals surface area contributed by atoms with E-state index in [0.717, 1.165) is 66.5 Å². The molecule has 6 nitrogen and oxygen atoms in total. The minimum Gasteiger partial charge on any atom is -0.492 e. The van der Waals surface area contributed by atoms with E-state index in [-0.39, 0.29) is 12.3 Å². The van der Waals surface area contributed by atoms with Gasteiger partial charge in [-0.25, -0.2) is 0 Å². The number of carbonyl (C=O) groups is 1. The van der Waals surface area contributed by atoms with Crippen LogP contribution in [0.3, 0.4) is 0 Å². The third-order valence-corrected chi connectivity index (χ3v) is 6.19. The van der Waals surface area contributed by atoms with Crippen LogP contribution in [0.15, 0.2) is 60.8 Å². The molecule has 34 heavy (non-hydrogen) atoms. The molecule has 0 saturated carbocycles. The normalized spacial score (nSPS) is 14.1. The van der Waals surface area contributed by atoms with E-state index in [2.05, 4.69) is 34.3 Å². The van der Waals surface area contributed by atoms with Gasteiger partial charge in [0.05, 0.1) is 19.6 Å². The first-order valence-corrected chi connectivity index (χ1v) is 11.9. The number of aryl methyl sites for hydroxylation is 2. The quantitative estimate of drug-likeness (QED) is 0.525. The van der Waals surface area contributed by atoms with Crippen molar-refractivity contribution in [1.82, 2.24) is 15.2 Å². The lowest BCUT2D eigenvalue weighted by Crippen LogP contribution is -2.38. The zero-order chi connectivity index (χ0) is 23.8. The van der Waals surface area contributed by atoms with Crippen LogP contribution in [0, 0.1) is 13.8 Å². The summed E-state index contributed by atoms with van der Waals surface area (Å²) in [6.07, 6.45) is 2.10. The van der Waals surface area contributed by atoms with Crippen LogP contribution in [0.25, 0.3) is 11.1 Å². The fraction of sp³-hybridized carbons (Fsp3) is 0.357. The molecule has 178 valence electrons. The topological polar surface area (TPSA) is 63.7 Å². The van der Waals surface area contributed by atoms with E-state index in [1.165, 1.54) is 5.56 Å². The number of morpholine rings is 1. The fourth-order valence-corrected chi connectivity index (χ4v) is 4.08. The Hall–Kier alpha value is -3.22. The zero-order valence-electron chi connectivity index (χ0n) is 20.0.